The Kier molecular flexibility index (Phi) is 35.8. The number of aliphatic hydroxyl groups is 27. The topological polar surface area (TPSA) is 838 Å². The van der Waals surface area contributed by atoms with Crippen LogP contribution < -0.4 is 21.3 Å². The fourth-order valence-electron chi connectivity index (χ4n) is 15.8. The zero-order valence-corrected chi connectivity index (χ0v) is 65.7. The van der Waals surface area contributed by atoms with Gasteiger partial charge in [-0.1, -0.05) is 0 Å². The number of hydrogen-bond acceptors (Lipinski definition) is 50. The van der Waals surface area contributed by atoms with Crippen molar-refractivity contribution in [3.63, 3.8) is 0 Å². The van der Waals surface area contributed by atoms with Gasteiger partial charge >= 0.3 is 0 Å². The highest BCUT2D eigenvalue weighted by atomic mass is 16.8. The molecule has 706 valence electrons. The van der Waals surface area contributed by atoms with Gasteiger partial charge in [0.05, 0.1) is 65.6 Å². The fourth-order valence-corrected chi connectivity index (χ4v) is 15.8. The van der Waals surface area contributed by atoms with Crippen molar-refractivity contribution in [3.8, 4) is 0 Å². The number of amides is 4. The minimum Gasteiger partial charge on any atom is -0.394 e. The summed E-state index contributed by atoms with van der Waals surface area (Å²) in [6.07, 6.45) is -95.2. The summed E-state index contributed by atoms with van der Waals surface area (Å²) in [5, 5.41) is 310. The van der Waals surface area contributed by atoms with E-state index in [-0.39, 0.29) is 0 Å². The molecule has 10 aliphatic rings. The Hall–Kier alpha value is -3.96. The van der Waals surface area contributed by atoms with Crippen LogP contribution >= 0.6 is 0 Å². The summed E-state index contributed by atoms with van der Waals surface area (Å²) in [4.78, 5) is 51.6. The molecule has 54 nitrogen and oxygen atoms in total. The van der Waals surface area contributed by atoms with Crippen LogP contribution in [-0.2, 0) is 109 Å². The van der Waals surface area contributed by atoms with Crippen LogP contribution in [0.4, 0.5) is 0 Å². The van der Waals surface area contributed by atoms with E-state index in [2.05, 4.69) is 21.3 Å². The highest BCUT2D eigenvalue weighted by molar-refractivity contribution is 5.74. The second-order valence-electron chi connectivity index (χ2n) is 31.0. The molecule has 10 fully saturated rings. The van der Waals surface area contributed by atoms with Crippen LogP contribution in [-0.4, -0.2) is 528 Å². The largest absolute Gasteiger partial charge is 0.394 e. The molecule has 10 aliphatic heterocycles. The Morgan fingerprint density at radius 2 is 0.500 bits per heavy atom. The molecule has 0 spiro atoms. The normalized spacial score (nSPS) is 49.7. The van der Waals surface area contributed by atoms with E-state index in [0.717, 1.165) is 27.7 Å². The lowest BCUT2D eigenvalue weighted by molar-refractivity contribution is -0.399. The molecule has 0 aliphatic carbocycles. The van der Waals surface area contributed by atoms with Crippen LogP contribution in [0.25, 0.3) is 0 Å². The summed E-state index contributed by atoms with van der Waals surface area (Å²) in [6.45, 7) is -4.83. The predicted octanol–water partition coefficient (Wildman–Crippen LogP) is -21.2. The monoisotopic (exact) mass is 1790 g/mol. The summed E-state index contributed by atoms with van der Waals surface area (Å²) in [5.41, 5.74) is 0. The van der Waals surface area contributed by atoms with Crippen molar-refractivity contribution in [1.29, 1.82) is 0 Å². The van der Waals surface area contributed by atoms with Crippen molar-refractivity contribution in [1.82, 2.24) is 21.3 Å². The molecule has 10 saturated heterocycles. The molecule has 54 heteroatoms. The molecule has 10 heterocycles. The molecular formula is C68H114N4O50. The van der Waals surface area contributed by atoms with Gasteiger partial charge in [-0.3, -0.25) is 19.2 Å². The Balaban J connectivity index is 0.983. The molecule has 4 amide bonds. The number of aliphatic hydroxyl groups excluding tert-OH is 27. The van der Waals surface area contributed by atoms with Crippen LogP contribution in [0.2, 0.25) is 0 Å². The fraction of sp³-hybridized carbons (Fsp3) is 0.941. The molecule has 0 aromatic carbocycles. The van der Waals surface area contributed by atoms with Gasteiger partial charge in [0.15, 0.2) is 62.9 Å². The van der Waals surface area contributed by atoms with Gasteiger partial charge in [0.1, 0.15) is 238 Å². The Bertz CT molecular complexity index is 3290. The summed E-state index contributed by atoms with van der Waals surface area (Å²) in [6, 6.07) is -7.69. The Morgan fingerprint density at radius 3 is 0.893 bits per heavy atom. The predicted molar refractivity (Wildman–Crippen MR) is 375 cm³/mol. The van der Waals surface area contributed by atoms with Gasteiger partial charge in [0.25, 0.3) is 0 Å². The van der Waals surface area contributed by atoms with Crippen LogP contribution in [0.3, 0.4) is 0 Å². The van der Waals surface area contributed by atoms with Gasteiger partial charge in [0, 0.05) is 27.7 Å². The highest BCUT2D eigenvalue weighted by Crippen LogP contribution is 2.41. The summed E-state index contributed by atoms with van der Waals surface area (Å²) >= 11 is 0. The Morgan fingerprint density at radius 1 is 0.230 bits per heavy atom. The molecule has 0 saturated carbocycles. The van der Waals surface area contributed by atoms with Gasteiger partial charge < -0.3 is 249 Å². The van der Waals surface area contributed by atoms with Crippen LogP contribution in [0.1, 0.15) is 34.6 Å². The number of carbonyl (C=O) groups is 4. The lowest BCUT2D eigenvalue weighted by atomic mass is 9.93. The average Bonchev–Trinajstić information content (AvgIpc) is 0.770. The minimum absolute atomic E-state index is 0.846. The van der Waals surface area contributed by atoms with E-state index < -0.39 is 390 Å². The maximum Gasteiger partial charge on any atom is 0.217 e. The zero-order valence-electron chi connectivity index (χ0n) is 65.7. The van der Waals surface area contributed by atoms with Crippen LogP contribution in [0.5, 0.6) is 0 Å². The standard InChI is InChI=1S/C68H114N4O50/c1-15-33(84)43(94)48(99)63(106-15)104-14-28-55(39(90)29(59(103)107-28)69-16(2)80)116-60-30(70-17(3)81)40(91)54(26(12-79)112-60)119-66-51(102)56(120-68-58(47(98)37(88)23(9-76)111-68)122-62-32(72-19(5)83)42(93)53(25(11-78)114-62)118-65-50(101)45(96)35(86)21(7-74)109-65)38(89)27(115-66)13-105-67-57(46(97)36(87)22(8-75)110-67)121-61-31(71-18(4)82)41(92)52(24(10-77)113-61)117-64-49(100)44(95)34(85)20(6-73)108-64/h15,20-68,73-79,84-103H,6-14H2,1-5H3,(H,69,80)(H,70,81)(H,71,82)(H,72,83)/t15-,20+,21+,22+,23+,24+,25+,26+,27+,28+,29+,30+,31+,32+,33+,34-,35-,36+,37+,38+,39+,40+,41+,42+,43+,44-,45-,46-,47-,48-,49+,50+,51-,52+,53+,54+,55+,56-,57-,58-,59-,60-,61-,62-,63+,64-,65-,66-,67-,68+/m0/s1. The summed E-state index contributed by atoms with van der Waals surface area (Å²) < 4.78 is 113. The molecular weight excluding hydrogens is 1670 g/mol. The molecule has 122 heavy (non-hydrogen) atoms. The van der Waals surface area contributed by atoms with E-state index >= 15 is 0 Å². The second-order valence-corrected chi connectivity index (χ2v) is 31.0. The quantitative estimate of drug-likeness (QED) is 0.0306. The first-order chi connectivity index (χ1) is 57.7. The maximum atomic E-state index is 13.3. The minimum atomic E-state index is -2.63. The molecule has 0 bridgehead atoms. The van der Waals surface area contributed by atoms with E-state index in [4.69, 9.17) is 90.0 Å². The van der Waals surface area contributed by atoms with Crippen LogP contribution in [0, 0.1) is 0 Å². The van der Waals surface area contributed by atoms with Crippen molar-refractivity contribution >= 4 is 23.6 Å². The first-order valence-corrected chi connectivity index (χ1v) is 39.0. The smallest absolute Gasteiger partial charge is 0.217 e. The third-order valence-corrected chi connectivity index (χ3v) is 22.4. The van der Waals surface area contributed by atoms with E-state index in [1.807, 2.05) is 0 Å². The molecule has 31 N–H and O–H groups in total. The van der Waals surface area contributed by atoms with Gasteiger partial charge in [-0.25, -0.2) is 0 Å². The van der Waals surface area contributed by atoms with Gasteiger partial charge in [-0.15, -0.1) is 0 Å². The van der Waals surface area contributed by atoms with E-state index in [1.54, 1.807) is 0 Å². The first-order valence-electron chi connectivity index (χ1n) is 39.0. The van der Waals surface area contributed by atoms with Crippen molar-refractivity contribution in [2.45, 2.75) is 341 Å². The third-order valence-electron chi connectivity index (χ3n) is 22.4. The molecule has 0 aromatic rings. The van der Waals surface area contributed by atoms with E-state index in [9.17, 15) is 157 Å². The van der Waals surface area contributed by atoms with E-state index in [0.29, 0.717) is 0 Å². The van der Waals surface area contributed by atoms with Crippen LogP contribution in [0.15, 0.2) is 0 Å². The maximum absolute atomic E-state index is 13.3. The SMILES string of the molecule is CC(=O)N[C@@H]1[C@@H](O)[C@H](O[C@@H]2O[C@H](CO)[C@@H](O[C@@H]3O[C@H](CO[C@H]4O[C@H](CO)[C@@H](O)[C@H](O)[C@@H]4O[C@@H]4O[C@H](CO)[C@@H](O[C@@H]5O[C@H](CO)[C@H](O)[C@H](O)[C@H]5O)[C@H](O)[C@H]4NC(C)=O)[C@@H](O)[C@H](O[C@H]4O[C@H](CO)[C@@H](O)[C@H](O)[C@@H]4O[C@@H]4O[C@H](CO)[C@@H](O[C@@H]5O[C@H](CO)[C@H](O)[C@H](O)[C@H]5O)[C@H](O)[C@H]4NC(C)=O)[C@@H]3O)[C@H](O)[C@H]2NC(C)=O)[C@@H](CO[C@@H]2O[C@@H](C)[C@@H](O)[C@@H](O)[C@@H]2O)O[C@@H]1O. The number of carbonyl (C=O) groups excluding carboxylic acids is 4. The number of hydrogen-bond donors (Lipinski definition) is 31. The van der Waals surface area contributed by atoms with E-state index in [1.165, 1.54) is 6.92 Å². The lowest BCUT2D eigenvalue weighted by Gasteiger charge is -2.51. The van der Waals surface area contributed by atoms with Crippen molar-refractivity contribution in [2.24, 2.45) is 0 Å². The second kappa shape index (κ2) is 43.6. The molecule has 10 rings (SSSR count). The molecule has 0 aromatic heterocycles. The van der Waals surface area contributed by atoms with Gasteiger partial charge in [-0.05, 0) is 6.92 Å². The van der Waals surface area contributed by atoms with Crippen molar-refractivity contribution in [2.75, 3.05) is 59.5 Å². The molecule has 0 radical (unpaired) electrons. The first kappa shape index (κ1) is 100. The number of ether oxygens (including phenoxy) is 19. The molecule has 0 unspecified atom stereocenters. The van der Waals surface area contributed by atoms with Gasteiger partial charge in [0.2, 0.25) is 23.6 Å². The molecule has 50 atom stereocenters. The number of rotatable bonds is 31. The lowest BCUT2D eigenvalue weighted by Crippen LogP contribution is -2.71. The van der Waals surface area contributed by atoms with Crippen molar-refractivity contribution < 1.29 is 247 Å². The summed E-state index contributed by atoms with van der Waals surface area (Å²) in [5.74, 6) is -3.76. The average molecular weight is 1790 g/mol. The Labute approximate surface area is 691 Å². The van der Waals surface area contributed by atoms with Gasteiger partial charge in [-0.2, -0.15) is 0 Å². The third kappa shape index (κ3) is 22.0. The van der Waals surface area contributed by atoms with Crippen molar-refractivity contribution in [3.05, 3.63) is 0 Å². The zero-order chi connectivity index (χ0) is 89.8. The number of nitrogens with one attached hydrogen (secondary N) is 4. The summed E-state index contributed by atoms with van der Waals surface area (Å²) in [7, 11) is 0. The highest BCUT2D eigenvalue weighted by Gasteiger charge is 2.62.